The average molecular weight is 393 g/mol. The van der Waals surface area contributed by atoms with Gasteiger partial charge in [-0.3, -0.25) is 9.59 Å². The van der Waals surface area contributed by atoms with Crippen molar-refractivity contribution < 1.29 is 14.3 Å². The summed E-state index contributed by atoms with van der Waals surface area (Å²) in [5, 5.41) is 6.12. The van der Waals surface area contributed by atoms with Crippen LogP contribution in [0.25, 0.3) is 0 Å². The lowest BCUT2D eigenvalue weighted by atomic mass is 10.2. The first-order chi connectivity index (χ1) is 12.6. The Balaban J connectivity index is 1.91. The lowest BCUT2D eigenvalue weighted by molar-refractivity contribution is -0.127. The summed E-state index contributed by atoms with van der Waals surface area (Å²) in [6.45, 7) is -0.145. The molecule has 0 saturated carbocycles. The van der Waals surface area contributed by atoms with Crippen molar-refractivity contribution in [3.8, 4) is 5.75 Å². The molecule has 138 valence electrons. The fourth-order valence-electron chi connectivity index (χ4n) is 2.17. The molecule has 0 aliphatic rings. The summed E-state index contributed by atoms with van der Waals surface area (Å²) in [5.74, 6) is 0.744. The largest absolute Gasteiger partial charge is 0.484 e. The molecule has 5 nitrogen and oxygen atoms in total. The summed E-state index contributed by atoms with van der Waals surface area (Å²) < 4.78 is 5.42. The zero-order valence-electron chi connectivity index (χ0n) is 14.4. The lowest BCUT2D eigenvalue weighted by Gasteiger charge is -2.18. The fourth-order valence-corrected chi connectivity index (χ4v) is 2.77. The Morgan fingerprint density at radius 1 is 1.12 bits per heavy atom. The van der Waals surface area contributed by atoms with Crippen LogP contribution in [0.1, 0.15) is 6.42 Å². The van der Waals surface area contributed by atoms with Crippen molar-refractivity contribution in [1.82, 2.24) is 5.32 Å². The second-order valence-electron chi connectivity index (χ2n) is 5.50. The van der Waals surface area contributed by atoms with E-state index in [1.165, 1.54) is 0 Å². The predicted molar refractivity (Wildman–Crippen MR) is 107 cm³/mol. The molecule has 0 saturated heterocycles. The first-order valence-corrected chi connectivity index (χ1v) is 9.88. The van der Waals surface area contributed by atoms with Crippen molar-refractivity contribution in [3.05, 3.63) is 59.6 Å². The van der Waals surface area contributed by atoms with Gasteiger partial charge in [-0.25, -0.2) is 0 Å². The molecule has 0 unspecified atom stereocenters. The standard InChI is InChI=1S/C19H21ClN2O3S/c1-26-12-11-17(19(24)21-15-9-7-14(20)8-10-15)22-18(23)13-25-16-5-3-2-4-6-16/h2-10,17H,11-13H2,1H3,(H,21,24)(H,22,23)/t17-/m0/s1. The van der Waals surface area contributed by atoms with Crippen LogP contribution >= 0.6 is 23.4 Å². The van der Waals surface area contributed by atoms with Gasteiger partial charge in [0.1, 0.15) is 11.8 Å². The number of para-hydroxylation sites is 1. The van der Waals surface area contributed by atoms with Crippen molar-refractivity contribution in [2.75, 3.05) is 23.9 Å². The predicted octanol–water partition coefficient (Wildman–Crippen LogP) is 3.60. The average Bonchev–Trinajstić information content (AvgIpc) is 2.66. The molecule has 0 bridgehead atoms. The van der Waals surface area contributed by atoms with E-state index in [0.29, 0.717) is 22.9 Å². The van der Waals surface area contributed by atoms with E-state index in [2.05, 4.69) is 10.6 Å². The third-order valence-corrected chi connectivity index (χ3v) is 4.38. The number of amides is 2. The van der Waals surface area contributed by atoms with Gasteiger partial charge >= 0.3 is 0 Å². The Morgan fingerprint density at radius 3 is 2.46 bits per heavy atom. The molecule has 0 spiro atoms. The van der Waals surface area contributed by atoms with Gasteiger partial charge in [0.2, 0.25) is 5.91 Å². The third-order valence-electron chi connectivity index (χ3n) is 3.49. The van der Waals surface area contributed by atoms with Crippen LogP contribution in [0.5, 0.6) is 5.75 Å². The highest BCUT2D eigenvalue weighted by Crippen LogP contribution is 2.14. The van der Waals surface area contributed by atoms with E-state index in [-0.39, 0.29) is 18.4 Å². The summed E-state index contributed by atoms with van der Waals surface area (Å²) in [4.78, 5) is 24.7. The molecular weight excluding hydrogens is 372 g/mol. The normalized spacial score (nSPS) is 11.5. The van der Waals surface area contributed by atoms with Crippen molar-refractivity contribution in [1.29, 1.82) is 0 Å². The highest BCUT2D eigenvalue weighted by molar-refractivity contribution is 7.98. The molecule has 2 aromatic rings. The van der Waals surface area contributed by atoms with E-state index < -0.39 is 6.04 Å². The van der Waals surface area contributed by atoms with E-state index in [1.54, 1.807) is 48.2 Å². The number of ether oxygens (including phenoxy) is 1. The molecule has 2 aromatic carbocycles. The molecule has 2 N–H and O–H groups in total. The van der Waals surface area contributed by atoms with Crippen LogP contribution in [0.3, 0.4) is 0 Å². The van der Waals surface area contributed by atoms with Crippen LogP contribution in [0.2, 0.25) is 5.02 Å². The van der Waals surface area contributed by atoms with Gasteiger partial charge in [-0.15, -0.1) is 0 Å². The van der Waals surface area contributed by atoms with Crippen LogP contribution in [-0.2, 0) is 9.59 Å². The number of hydrogen-bond donors (Lipinski definition) is 2. The minimum absolute atomic E-state index is 0.145. The number of hydrogen-bond acceptors (Lipinski definition) is 4. The van der Waals surface area contributed by atoms with Gasteiger partial charge < -0.3 is 15.4 Å². The van der Waals surface area contributed by atoms with E-state index in [1.807, 2.05) is 24.5 Å². The van der Waals surface area contributed by atoms with Crippen molar-refractivity contribution in [2.24, 2.45) is 0 Å². The zero-order chi connectivity index (χ0) is 18.8. The maximum atomic E-state index is 12.5. The molecule has 0 fully saturated rings. The zero-order valence-corrected chi connectivity index (χ0v) is 16.0. The third kappa shape index (κ3) is 6.98. The van der Waals surface area contributed by atoms with Gasteiger partial charge in [0.25, 0.3) is 5.91 Å². The minimum atomic E-state index is -0.634. The molecule has 0 aliphatic heterocycles. The first-order valence-electron chi connectivity index (χ1n) is 8.11. The SMILES string of the molecule is CSCC[C@H](NC(=O)COc1ccccc1)C(=O)Nc1ccc(Cl)cc1. The number of rotatable bonds is 9. The van der Waals surface area contributed by atoms with E-state index in [9.17, 15) is 9.59 Å². The molecule has 0 aliphatic carbocycles. The van der Waals surface area contributed by atoms with Gasteiger partial charge in [0.15, 0.2) is 6.61 Å². The van der Waals surface area contributed by atoms with Crippen molar-refractivity contribution in [3.63, 3.8) is 0 Å². The van der Waals surface area contributed by atoms with Gasteiger partial charge in [0, 0.05) is 10.7 Å². The van der Waals surface area contributed by atoms with Crippen LogP contribution < -0.4 is 15.4 Å². The monoisotopic (exact) mass is 392 g/mol. The molecular formula is C19H21ClN2O3S. The topological polar surface area (TPSA) is 67.4 Å². The van der Waals surface area contributed by atoms with Crippen molar-refractivity contribution in [2.45, 2.75) is 12.5 Å². The number of nitrogens with one attached hydrogen (secondary N) is 2. The Bertz CT molecular complexity index is 710. The van der Waals surface area contributed by atoms with E-state index in [0.717, 1.165) is 5.75 Å². The van der Waals surface area contributed by atoms with Gasteiger partial charge in [0.05, 0.1) is 0 Å². The number of halogens is 1. The van der Waals surface area contributed by atoms with Gasteiger partial charge in [-0.05, 0) is 54.8 Å². The van der Waals surface area contributed by atoms with Gasteiger partial charge in [-0.1, -0.05) is 29.8 Å². The van der Waals surface area contributed by atoms with E-state index >= 15 is 0 Å². The number of benzene rings is 2. The Kier molecular flexibility index (Phi) is 8.31. The van der Waals surface area contributed by atoms with Crippen LogP contribution in [0.4, 0.5) is 5.69 Å². The Morgan fingerprint density at radius 2 is 1.81 bits per heavy atom. The highest BCUT2D eigenvalue weighted by Gasteiger charge is 2.20. The molecule has 1 atom stereocenters. The number of carbonyl (C=O) groups excluding carboxylic acids is 2. The second-order valence-corrected chi connectivity index (χ2v) is 6.92. The Hall–Kier alpha value is -2.18. The maximum Gasteiger partial charge on any atom is 0.258 e. The first kappa shape index (κ1) is 20.1. The molecule has 7 heteroatoms. The molecule has 2 amide bonds. The molecule has 0 heterocycles. The minimum Gasteiger partial charge on any atom is -0.484 e. The quantitative estimate of drug-likeness (QED) is 0.684. The number of carbonyl (C=O) groups is 2. The second kappa shape index (κ2) is 10.7. The summed E-state index contributed by atoms with van der Waals surface area (Å²) in [5.41, 5.74) is 0.628. The molecule has 2 rings (SSSR count). The molecule has 0 aromatic heterocycles. The van der Waals surface area contributed by atoms with E-state index in [4.69, 9.17) is 16.3 Å². The smallest absolute Gasteiger partial charge is 0.258 e. The maximum absolute atomic E-state index is 12.5. The number of anilines is 1. The molecule has 0 radical (unpaired) electrons. The summed E-state index contributed by atoms with van der Waals surface area (Å²) in [6, 6.07) is 15.2. The van der Waals surface area contributed by atoms with Crippen LogP contribution in [0, 0.1) is 0 Å². The Labute approximate surface area is 162 Å². The summed E-state index contributed by atoms with van der Waals surface area (Å²) in [7, 11) is 0. The molecule has 26 heavy (non-hydrogen) atoms. The highest BCUT2D eigenvalue weighted by atomic mass is 35.5. The summed E-state index contributed by atoms with van der Waals surface area (Å²) in [6.07, 6.45) is 2.48. The van der Waals surface area contributed by atoms with Gasteiger partial charge in [-0.2, -0.15) is 11.8 Å². The fraction of sp³-hybridized carbons (Fsp3) is 0.263. The summed E-state index contributed by atoms with van der Waals surface area (Å²) >= 11 is 7.46. The lowest BCUT2D eigenvalue weighted by Crippen LogP contribution is -2.45. The van der Waals surface area contributed by atoms with Crippen LogP contribution in [-0.4, -0.2) is 36.5 Å². The number of thioether (sulfide) groups is 1. The van der Waals surface area contributed by atoms with Crippen LogP contribution in [0.15, 0.2) is 54.6 Å². The van der Waals surface area contributed by atoms with Crippen molar-refractivity contribution >= 4 is 40.9 Å².